The summed E-state index contributed by atoms with van der Waals surface area (Å²) in [4.78, 5) is 16.9. The van der Waals surface area contributed by atoms with Crippen molar-refractivity contribution in [2.45, 2.75) is 25.7 Å². The van der Waals surface area contributed by atoms with Crippen molar-refractivity contribution in [2.75, 3.05) is 0 Å². The van der Waals surface area contributed by atoms with Crippen LogP contribution < -0.4 is 0 Å². The van der Waals surface area contributed by atoms with E-state index >= 15 is 0 Å². The Balaban J connectivity index is 1.64. The number of aromatic nitrogens is 1. The lowest BCUT2D eigenvalue weighted by Crippen LogP contribution is -2.04. The highest BCUT2D eigenvalue weighted by Gasteiger charge is 2.56. The molecule has 2 aliphatic carbocycles. The van der Waals surface area contributed by atoms with Crippen LogP contribution in [-0.4, -0.2) is 10.8 Å². The fourth-order valence-electron chi connectivity index (χ4n) is 3.73. The van der Waals surface area contributed by atoms with Gasteiger partial charge in [-0.25, -0.2) is 0 Å². The van der Waals surface area contributed by atoms with Gasteiger partial charge in [-0.2, -0.15) is 0 Å². The molecule has 1 aromatic heterocycles. The number of rotatable bonds is 2. The number of hydrogen-bond donors (Lipinski definition) is 0. The van der Waals surface area contributed by atoms with Crippen molar-refractivity contribution < 1.29 is 4.79 Å². The average molecular weight is 263 g/mol. The van der Waals surface area contributed by atoms with E-state index in [1.54, 1.807) is 6.20 Å². The zero-order chi connectivity index (χ0) is 13.7. The van der Waals surface area contributed by atoms with Crippen molar-refractivity contribution in [2.24, 2.45) is 11.8 Å². The van der Waals surface area contributed by atoms with Crippen molar-refractivity contribution in [1.82, 2.24) is 4.98 Å². The standard InChI is InChI=1S/C18H17NO/c1-11-6-7-13(10-19-11)18(20)17-15-9-8-12-4-2-3-5-14(12)16(15)17/h2-7,10,15-17H,8-9H2,1H3. The maximum Gasteiger partial charge on any atom is 0.168 e. The summed E-state index contributed by atoms with van der Waals surface area (Å²) >= 11 is 0. The van der Waals surface area contributed by atoms with E-state index in [1.807, 2.05) is 19.1 Å². The smallest absolute Gasteiger partial charge is 0.168 e. The molecule has 0 bridgehead atoms. The lowest BCUT2D eigenvalue weighted by molar-refractivity contribution is 0.0959. The zero-order valence-corrected chi connectivity index (χ0v) is 11.5. The number of benzene rings is 1. The molecule has 0 saturated heterocycles. The van der Waals surface area contributed by atoms with Crippen LogP contribution in [0.2, 0.25) is 0 Å². The summed E-state index contributed by atoms with van der Waals surface area (Å²) in [7, 11) is 0. The Morgan fingerprint density at radius 2 is 2.05 bits per heavy atom. The van der Waals surface area contributed by atoms with Crippen molar-refractivity contribution in [3.63, 3.8) is 0 Å². The molecule has 2 aromatic rings. The van der Waals surface area contributed by atoms with Crippen LogP contribution in [0, 0.1) is 18.8 Å². The van der Waals surface area contributed by atoms with Gasteiger partial charge < -0.3 is 0 Å². The minimum Gasteiger partial charge on any atom is -0.294 e. The van der Waals surface area contributed by atoms with Gasteiger partial charge in [-0.3, -0.25) is 9.78 Å². The van der Waals surface area contributed by atoms with Crippen molar-refractivity contribution in [1.29, 1.82) is 0 Å². The van der Waals surface area contributed by atoms with E-state index in [9.17, 15) is 4.79 Å². The molecule has 3 atom stereocenters. The second kappa shape index (κ2) is 4.27. The van der Waals surface area contributed by atoms with Crippen LogP contribution in [0.5, 0.6) is 0 Å². The van der Waals surface area contributed by atoms with Gasteiger partial charge in [0.05, 0.1) is 0 Å². The molecule has 1 aromatic carbocycles. The second-order valence-corrected chi connectivity index (χ2v) is 6.01. The summed E-state index contributed by atoms with van der Waals surface area (Å²) in [6.45, 7) is 1.95. The topological polar surface area (TPSA) is 30.0 Å². The van der Waals surface area contributed by atoms with Crippen LogP contribution in [0.3, 0.4) is 0 Å². The van der Waals surface area contributed by atoms with Gasteiger partial charge >= 0.3 is 0 Å². The quantitative estimate of drug-likeness (QED) is 0.776. The Labute approximate surface area is 118 Å². The normalized spacial score (nSPS) is 26.6. The number of hydrogen-bond acceptors (Lipinski definition) is 2. The maximum absolute atomic E-state index is 12.7. The summed E-state index contributed by atoms with van der Waals surface area (Å²) in [6, 6.07) is 12.4. The van der Waals surface area contributed by atoms with Gasteiger partial charge in [0.25, 0.3) is 0 Å². The van der Waals surface area contributed by atoms with Gasteiger partial charge in [0.1, 0.15) is 0 Å². The third kappa shape index (κ3) is 1.71. The van der Waals surface area contributed by atoms with Crippen molar-refractivity contribution >= 4 is 5.78 Å². The van der Waals surface area contributed by atoms with E-state index in [0.717, 1.165) is 24.1 Å². The molecule has 0 radical (unpaired) electrons. The largest absolute Gasteiger partial charge is 0.294 e. The van der Waals surface area contributed by atoms with Gasteiger partial charge in [-0.15, -0.1) is 0 Å². The Hall–Kier alpha value is -1.96. The van der Waals surface area contributed by atoms with Gasteiger partial charge in [0, 0.05) is 23.4 Å². The third-order valence-corrected chi connectivity index (χ3v) is 4.83. The van der Waals surface area contributed by atoms with Crippen LogP contribution in [-0.2, 0) is 6.42 Å². The molecule has 1 fully saturated rings. The fourth-order valence-corrected chi connectivity index (χ4v) is 3.73. The second-order valence-electron chi connectivity index (χ2n) is 6.01. The maximum atomic E-state index is 12.7. The lowest BCUT2D eigenvalue weighted by Gasteiger charge is -2.13. The highest BCUT2D eigenvalue weighted by Crippen LogP contribution is 2.60. The molecule has 1 heterocycles. The minimum absolute atomic E-state index is 0.183. The van der Waals surface area contributed by atoms with Gasteiger partial charge in [-0.1, -0.05) is 24.3 Å². The molecule has 0 amide bonds. The number of carbonyl (C=O) groups excluding carboxylic acids is 1. The highest BCUT2D eigenvalue weighted by molar-refractivity contribution is 6.00. The molecule has 0 N–H and O–H groups in total. The predicted molar refractivity (Wildman–Crippen MR) is 77.8 cm³/mol. The third-order valence-electron chi connectivity index (χ3n) is 4.83. The van der Waals surface area contributed by atoms with E-state index in [4.69, 9.17) is 0 Å². The Bertz CT molecular complexity index is 674. The van der Waals surface area contributed by atoms with E-state index in [0.29, 0.717) is 11.8 Å². The van der Waals surface area contributed by atoms with Crippen molar-refractivity contribution in [3.05, 3.63) is 65.0 Å². The predicted octanol–water partition coefficient (Wildman–Crippen LogP) is 3.55. The molecule has 3 unspecified atom stereocenters. The van der Waals surface area contributed by atoms with Crippen molar-refractivity contribution in [3.8, 4) is 0 Å². The molecule has 4 rings (SSSR count). The first-order chi connectivity index (χ1) is 9.75. The number of fused-ring (bicyclic) bond motifs is 3. The average Bonchev–Trinajstić information content (AvgIpc) is 3.22. The molecule has 1 saturated carbocycles. The number of Topliss-reactive ketones (excluding diaryl/α,β-unsaturated/α-hetero) is 1. The molecule has 0 spiro atoms. The Kier molecular flexibility index (Phi) is 2.53. The number of carbonyl (C=O) groups is 1. The summed E-state index contributed by atoms with van der Waals surface area (Å²) < 4.78 is 0. The molecular weight excluding hydrogens is 246 g/mol. The van der Waals surface area contributed by atoms with E-state index < -0.39 is 0 Å². The van der Waals surface area contributed by atoms with Gasteiger partial charge in [0.2, 0.25) is 0 Å². The van der Waals surface area contributed by atoms with Crippen LogP contribution in [0.4, 0.5) is 0 Å². The molecule has 20 heavy (non-hydrogen) atoms. The van der Waals surface area contributed by atoms with Crippen LogP contribution in [0.15, 0.2) is 42.6 Å². The first kappa shape index (κ1) is 11.8. The summed E-state index contributed by atoms with van der Waals surface area (Å²) in [5.74, 6) is 1.47. The fraction of sp³-hybridized carbons (Fsp3) is 0.333. The molecule has 2 aliphatic rings. The minimum atomic E-state index is 0.183. The molecule has 2 nitrogen and oxygen atoms in total. The van der Waals surface area contributed by atoms with Crippen LogP contribution in [0.1, 0.15) is 39.5 Å². The number of pyridine rings is 1. The molecule has 0 aliphatic heterocycles. The first-order valence-corrected chi connectivity index (χ1v) is 7.30. The molecule has 100 valence electrons. The van der Waals surface area contributed by atoms with Gasteiger partial charge in [-0.05, 0) is 54.9 Å². The van der Waals surface area contributed by atoms with Crippen LogP contribution >= 0.6 is 0 Å². The van der Waals surface area contributed by atoms with Crippen LogP contribution in [0.25, 0.3) is 0 Å². The Morgan fingerprint density at radius 1 is 1.20 bits per heavy atom. The summed E-state index contributed by atoms with van der Waals surface area (Å²) in [5, 5.41) is 0. The monoisotopic (exact) mass is 263 g/mol. The SMILES string of the molecule is Cc1ccc(C(=O)C2C3CCc4ccccc4C32)cn1. The molecular formula is C18H17NO. The summed E-state index contributed by atoms with van der Waals surface area (Å²) in [5.41, 5.74) is 4.57. The Morgan fingerprint density at radius 3 is 2.85 bits per heavy atom. The lowest BCUT2D eigenvalue weighted by atomic mass is 9.92. The molecule has 2 heteroatoms. The van der Waals surface area contributed by atoms with Gasteiger partial charge in [0.15, 0.2) is 5.78 Å². The van der Waals surface area contributed by atoms with E-state index in [1.165, 1.54) is 11.1 Å². The number of ketones is 1. The number of nitrogens with zero attached hydrogens (tertiary/aromatic N) is 1. The van der Waals surface area contributed by atoms with E-state index in [-0.39, 0.29) is 11.7 Å². The van der Waals surface area contributed by atoms with E-state index in [2.05, 4.69) is 29.2 Å². The highest BCUT2D eigenvalue weighted by atomic mass is 16.1. The first-order valence-electron chi connectivity index (χ1n) is 7.30. The zero-order valence-electron chi connectivity index (χ0n) is 11.5. The number of aryl methyl sites for hydroxylation is 2. The summed E-state index contributed by atoms with van der Waals surface area (Å²) in [6.07, 6.45) is 4.00.